The highest BCUT2D eigenvalue weighted by Crippen LogP contribution is 2.30. The monoisotopic (exact) mass is 330 g/mol. The van der Waals surface area contributed by atoms with Gasteiger partial charge >= 0.3 is 0 Å². The Balaban J connectivity index is 0.00000220. The molecule has 2 rings (SSSR count). The van der Waals surface area contributed by atoms with Crippen LogP contribution in [0.15, 0.2) is 30.3 Å². The SMILES string of the molecule is COC(CN)CC(=O)N1CCSCC1c1ccccc1.Cl. The fourth-order valence-corrected chi connectivity index (χ4v) is 3.52. The zero-order chi connectivity index (χ0) is 14.4. The number of nitrogens with zero attached hydrogens (tertiary/aromatic N) is 1. The molecule has 1 amide bonds. The van der Waals surface area contributed by atoms with Crippen LogP contribution in [0.3, 0.4) is 0 Å². The van der Waals surface area contributed by atoms with Gasteiger partial charge in [0.1, 0.15) is 0 Å². The summed E-state index contributed by atoms with van der Waals surface area (Å²) in [4.78, 5) is 14.5. The molecule has 0 aromatic heterocycles. The Bertz CT molecular complexity index is 429. The van der Waals surface area contributed by atoms with E-state index in [4.69, 9.17) is 10.5 Å². The summed E-state index contributed by atoms with van der Waals surface area (Å²) in [5.41, 5.74) is 6.81. The summed E-state index contributed by atoms with van der Waals surface area (Å²) in [6.45, 7) is 1.17. The van der Waals surface area contributed by atoms with E-state index < -0.39 is 0 Å². The van der Waals surface area contributed by atoms with Crippen LogP contribution in [-0.4, -0.2) is 48.6 Å². The smallest absolute Gasteiger partial charge is 0.225 e. The van der Waals surface area contributed by atoms with Crippen LogP contribution < -0.4 is 5.73 Å². The number of methoxy groups -OCH3 is 1. The molecule has 0 bridgehead atoms. The van der Waals surface area contributed by atoms with Gasteiger partial charge in [-0.3, -0.25) is 4.79 Å². The van der Waals surface area contributed by atoms with E-state index >= 15 is 0 Å². The number of hydrogen-bond acceptors (Lipinski definition) is 4. The van der Waals surface area contributed by atoms with Crippen LogP contribution >= 0.6 is 24.2 Å². The van der Waals surface area contributed by atoms with Crippen molar-refractivity contribution in [1.82, 2.24) is 4.90 Å². The molecule has 21 heavy (non-hydrogen) atoms. The number of benzene rings is 1. The van der Waals surface area contributed by atoms with E-state index in [1.807, 2.05) is 34.9 Å². The van der Waals surface area contributed by atoms with E-state index in [2.05, 4.69) is 12.1 Å². The van der Waals surface area contributed by atoms with E-state index in [0.29, 0.717) is 13.0 Å². The van der Waals surface area contributed by atoms with E-state index in [0.717, 1.165) is 18.1 Å². The van der Waals surface area contributed by atoms with Crippen molar-refractivity contribution in [3.05, 3.63) is 35.9 Å². The third-order valence-electron chi connectivity index (χ3n) is 3.63. The van der Waals surface area contributed by atoms with Crippen molar-refractivity contribution in [2.75, 3.05) is 31.7 Å². The molecule has 2 N–H and O–H groups in total. The summed E-state index contributed by atoms with van der Waals surface area (Å²) in [7, 11) is 1.60. The van der Waals surface area contributed by atoms with Crippen molar-refractivity contribution in [2.24, 2.45) is 5.73 Å². The first kappa shape index (κ1) is 18.3. The molecule has 1 aliphatic rings. The second-order valence-electron chi connectivity index (χ2n) is 4.89. The maximum Gasteiger partial charge on any atom is 0.225 e. The minimum atomic E-state index is -0.187. The van der Waals surface area contributed by atoms with E-state index in [1.54, 1.807) is 7.11 Å². The van der Waals surface area contributed by atoms with Gasteiger partial charge in [-0.15, -0.1) is 12.4 Å². The Morgan fingerprint density at radius 2 is 2.19 bits per heavy atom. The number of carbonyl (C=O) groups is 1. The number of ether oxygens (including phenoxy) is 1. The number of thioether (sulfide) groups is 1. The van der Waals surface area contributed by atoms with Gasteiger partial charge in [-0.1, -0.05) is 30.3 Å². The van der Waals surface area contributed by atoms with Gasteiger partial charge in [-0.05, 0) is 5.56 Å². The van der Waals surface area contributed by atoms with Crippen LogP contribution in [0.2, 0.25) is 0 Å². The van der Waals surface area contributed by atoms with Gasteiger partial charge in [0.25, 0.3) is 0 Å². The van der Waals surface area contributed by atoms with Crippen molar-refractivity contribution < 1.29 is 9.53 Å². The Morgan fingerprint density at radius 1 is 1.48 bits per heavy atom. The van der Waals surface area contributed by atoms with Crippen molar-refractivity contribution in [1.29, 1.82) is 0 Å². The molecule has 118 valence electrons. The Morgan fingerprint density at radius 3 is 2.81 bits per heavy atom. The number of carbonyl (C=O) groups excluding carboxylic acids is 1. The first-order valence-electron chi connectivity index (χ1n) is 6.91. The van der Waals surface area contributed by atoms with E-state index in [-0.39, 0.29) is 30.5 Å². The molecule has 1 saturated heterocycles. The zero-order valence-corrected chi connectivity index (χ0v) is 13.9. The molecular formula is C15H23ClN2O2S. The normalized spacial score (nSPS) is 19.7. The Labute approximate surface area is 136 Å². The number of hydrogen-bond donors (Lipinski definition) is 1. The fraction of sp³-hybridized carbons (Fsp3) is 0.533. The Hall–Kier alpha value is -0.750. The van der Waals surface area contributed by atoms with Crippen molar-refractivity contribution in [3.63, 3.8) is 0 Å². The highest BCUT2D eigenvalue weighted by Gasteiger charge is 2.29. The van der Waals surface area contributed by atoms with Crippen LogP contribution in [0.4, 0.5) is 0 Å². The largest absolute Gasteiger partial charge is 0.380 e. The second kappa shape index (κ2) is 9.30. The van der Waals surface area contributed by atoms with Crippen LogP contribution in [0, 0.1) is 0 Å². The summed E-state index contributed by atoms with van der Waals surface area (Å²) in [5.74, 6) is 2.09. The van der Waals surface area contributed by atoms with Gasteiger partial charge < -0.3 is 15.4 Å². The predicted molar refractivity (Wildman–Crippen MR) is 89.9 cm³/mol. The molecule has 4 nitrogen and oxygen atoms in total. The minimum absolute atomic E-state index is 0. The summed E-state index contributed by atoms with van der Waals surface area (Å²) in [6.07, 6.45) is 0.176. The lowest BCUT2D eigenvalue weighted by molar-refractivity contribution is -0.135. The molecule has 1 fully saturated rings. The Kier molecular flexibility index (Phi) is 8.11. The van der Waals surface area contributed by atoms with E-state index in [9.17, 15) is 4.79 Å². The number of halogens is 1. The number of nitrogens with two attached hydrogens (primary N) is 1. The molecule has 2 atom stereocenters. The fourth-order valence-electron chi connectivity index (χ4n) is 2.43. The van der Waals surface area contributed by atoms with Crippen molar-refractivity contribution in [2.45, 2.75) is 18.6 Å². The molecule has 0 aliphatic carbocycles. The van der Waals surface area contributed by atoms with Gasteiger partial charge in [0.2, 0.25) is 5.91 Å². The molecule has 1 heterocycles. The van der Waals surface area contributed by atoms with E-state index in [1.165, 1.54) is 5.56 Å². The van der Waals surface area contributed by atoms with Crippen LogP contribution in [0.25, 0.3) is 0 Å². The number of amides is 1. The lowest BCUT2D eigenvalue weighted by Crippen LogP contribution is -2.43. The first-order chi connectivity index (χ1) is 9.76. The van der Waals surface area contributed by atoms with Gasteiger partial charge in [0.15, 0.2) is 0 Å². The maximum atomic E-state index is 12.5. The molecule has 0 saturated carbocycles. The highest BCUT2D eigenvalue weighted by molar-refractivity contribution is 7.99. The molecule has 0 radical (unpaired) electrons. The quantitative estimate of drug-likeness (QED) is 0.898. The third-order valence-corrected chi connectivity index (χ3v) is 4.65. The van der Waals surface area contributed by atoms with Crippen molar-refractivity contribution in [3.8, 4) is 0 Å². The predicted octanol–water partition coefficient (Wildman–Crippen LogP) is 2.09. The summed E-state index contributed by atoms with van der Waals surface area (Å²) < 4.78 is 5.22. The van der Waals surface area contributed by atoms with Gasteiger partial charge in [-0.25, -0.2) is 0 Å². The molecular weight excluding hydrogens is 308 g/mol. The van der Waals surface area contributed by atoms with Gasteiger partial charge in [-0.2, -0.15) is 11.8 Å². The average molecular weight is 331 g/mol. The lowest BCUT2D eigenvalue weighted by Gasteiger charge is -2.36. The minimum Gasteiger partial charge on any atom is -0.380 e. The molecule has 6 heteroatoms. The zero-order valence-electron chi connectivity index (χ0n) is 12.2. The van der Waals surface area contributed by atoms with Crippen LogP contribution in [0.1, 0.15) is 18.0 Å². The first-order valence-corrected chi connectivity index (χ1v) is 8.06. The molecule has 2 unspecified atom stereocenters. The second-order valence-corrected chi connectivity index (χ2v) is 6.04. The standard InChI is InChI=1S/C15H22N2O2S.ClH/c1-19-13(10-16)9-15(18)17-7-8-20-11-14(17)12-5-3-2-4-6-12;/h2-6,13-14H,7-11,16H2,1H3;1H. The molecule has 1 aromatic rings. The summed E-state index contributed by atoms with van der Waals surface area (Å²) in [5, 5.41) is 0. The summed E-state index contributed by atoms with van der Waals surface area (Å²) >= 11 is 1.90. The third kappa shape index (κ3) is 4.88. The van der Waals surface area contributed by atoms with Crippen LogP contribution in [-0.2, 0) is 9.53 Å². The molecule has 1 aromatic carbocycles. The van der Waals surface area contributed by atoms with Gasteiger partial charge in [0.05, 0.1) is 18.6 Å². The van der Waals surface area contributed by atoms with Gasteiger partial charge in [0, 0.05) is 31.7 Å². The van der Waals surface area contributed by atoms with Crippen LogP contribution in [0.5, 0.6) is 0 Å². The topological polar surface area (TPSA) is 55.6 Å². The maximum absolute atomic E-state index is 12.5. The number of rotatable bonds is 5. The molecule has 1 aliphatic heterocycles. The lowest BCUT2D eigenvalue weighted by atomic mass is 10.1. The molecule has 0 spiro atoms. The summed E-state index contributed by atoms with van der Waals surface area (Å²) in [6, 6.07) is 10.4. The average Bonchev–Trinajstić information content (AvgIpc) is 2.53. The highest BCUT2D eigenvalue weighted by atomic mass is 35.5. The van der Waals surface area contributed by atoms with Crippen molar-refractivity contribution >= 4 is 30.1 Å².